The predicted molar refractivity (Wildman–Crippen MR) is 98.0 cm³/mol. The van der Waals surface area contributed by atoms with Crippen molar-refractivity contribution < 1.29 is 0 Å². The zero-order chi connectivity index (χ0) is 16.5. The van der Waals surface area contributed by atoms with Crippen LogP contribution in [-0.4, -0.2) is 30.6 Å². The molecular weight excluding hydrogens is 292 g/mol. The van der Waals surface area contributed by atoms with Crippen molar-refractivity contribution in [3.63, 3.8) is 0 Å². The maximum atomic E-state index is 4.68. The van der Waals surface area contributed by atoms with E-state index in [9.17, 15) is 0 Å². The van der Waals surface area contributed by atoms with E-state index < -0.39 is 0 Å². The first-order valence-corrected chi connectivity index (χ1v) is 9.20. The van der Waals surface area contributed by atoms with Crippen molar-refractivity contribution in [2.24, 2.45) is 10.9 Å². The van der Waals surface area contributed by atoms with E-state index in [1.807, 2.05) is 18.4 Å². The van der Waals surface area contributed by atoms with Crippen molar-refractivity contribution in [3.8, 4) is 0 Å². The van der Waals surface area contributed by atoms with Gasteiger partial charge in [-0.3, -0.25) is 4.99 Å². The summed E-state index contributed by atoms with van der Waals surface area (Å²) in [5.74, 6) is 1.64. The quantitative estimate of drug-likeness (QED) is 0.568. The lowest BCUT2D eigenvalue weighted by atomic mass is 10.0. The largest absolute Gasteiger partial charge is 0.356 e. The molecule has 22 heavy (non-hydrogen) atoms. The Balaban J connectivity index is 2.34. The summed E-state index contributed by atoms with van der Waals surface area (Å²) in [6, 6.07) is 0.447. The highest BCUT2D eigenvalue weighted by Gasteiger charge is 2.08. The maximum Gasteiger partial charge on any atom is 0.191 e. The standard InChI is InChI=1S/C17H32N4S/c1-7-15-14(5)22-16(21-15)10-11-19-17(18-6)20-13(4)9-8-12(2)3/h12-13H,7-11H2,1-6H3,(H2,18,19,20). The number of hydrogen-bond acceptors (Lipinski definition) is 3. The Morgan fingerprint density at radius 3 is 2.55 bits per heavy atom. The van der Waals surface area contributed by atoms with Crippen molar-refractivity contribution in [2.45, 2.75) is 66.3 Å². The molecule has 1 heterocycles. The van der Waals surface area contributed by atoms with E-state index in [2.05, 4.69) is 55.2 Å². The summed E-state index contributed by atoms with van der Waals surface area (Å²) >= 11 is 1.81. The summed E-state index contributed by atoms with van der Waals surface area (Å²) in [5.41, 5.74) is 1.24. The van der Waals surface area contributed by atoms with Crippen LogP contribution in [-0.2, 0) is 12.8 Å². The molecule has 5 heteroatoms. The fourth-order valence-corrected chi connectivity index (χ4v) is 3.32. The molecule has 0 saturated heterocycles. The second-order valence-electron chi connectivity index (χ2n) is 6.23. The summed E-state index contributed by atoms with van der Waals surface area (Å²) in [5, 5.41) is 8.06. The average molecular weight is 325 g/mol. The third-order valence-corrected chi connectivity index (χ3v) is 4.76. The van der Waals surface area contributed by atoms with E-state index in [1.54, 1.807) is 0 Å². The van der Waals surface area contributed by atoms with E-state index in [1.165, 1.54) is 28.4 Å². The van der Waals surface area contributed by atoms with Gasteiger partial charge in [0.05, 0.1) is 10.7 Å². The molecule has 0 bridgehead atoms. The number of hydrogen-bond donors (Lipinski definition) is 2. The first kappa shape index (κ1) is 18.9. The summed E-state index contributed by atoms with van der Waals surface area (Å²) in [6.45, 7) is 11.9. The number of aromatic nitrogens is 1. The van der Waals surface area contributed by atoms with Crippen LogP contribution in [0.1, 0.15) is 56.1 Å². The maximum absolute atomic E-state index is 4.68. The fourth-order valence-electron chi connectivity index (χ4n) is 2.29. The second kappa shape index (κ2) is 9.82. The smallest absolute Gasteiger partial charge is 0.191 e. The minimum Gasteiger partial charge on any atom is -0.356 e. The van der Waals surface area contributed by atoms with Crippen molar-refractivity contribution in [3.05, 3.63) is 15.6 Å². The molecule has 0 spiro atoms. The number of rotatable bonds is 8. The zero-order valence-corrected chi connectivity index (χ0v) is 15.8. The zero-order valence-electron chi connectivity index (χ0n) is 15.0. The monoisotopic (exact) mass is 324 g/mol. The minimum atomic E-state index is 0.447. The Morgan fingerprint density at radius 1 is 1.27 bits per heavy atom. The van der Waals surface area contributed by atoms with Crippen molar-refractivity contribution in [2.75, 3.05) is 13.6 Å². The van der Waals surface area contributed by atoms with E-state index in [0.29, 0.717) is 6.04 Å². The summed E-state index contributed by atoms with van der Waals surface area (Å²) in [7, 11) is 1.83. The fraction of sp³-hybridized carbons (Fsp3) is 0.765. The van der Waals surface area contributed by atoms with E-state index >= 15 is 0 Å². The normalized spacial score (nSPS) is 13.5. The highest BCUT2D eigenvalue weighted by Crippen LogP contribution is 2.17. The van der Waals surface area contributed by atoms with Gasteiger partial charge in [0.25, 0.3) is 0 Å². The lowest BCUT2D eigenvalue weighted by molar-refractivity contribution is 0.489. The molecule has 126 valence electrons. The van der Waals surface area contributed by atoms with Crippen LogP contribution in [0, 0.1) is 12.8 Å². The Labute approximate surface area is 139 Å². The number of thiazole rings is 1. The van der Waals surface area contributed by atoms with Gasteiger partial charge in [0, 0.05) is 30.9 Å². The van der Waals surface area contributed by atoms with E-state index in [4.69, 9.17) is 0 Å². The lowest BCUT2D eigenvalue weighted by Gasteiger charge is -2.18. The van der Waals surface area contributed by atoms with Crippen LogP contribution in [0.5, 0.6) is 0 Å². The molecule has 1 atom stereocenters. The van der Waals surface area contributed by atoms with Gasteiger partial charge in [-0.25, -0.2) is 4.98 Å². The minimum absolute atomic E-state index is 0.447. The molecule has 2 N–H and O–H groups in total. The molecule has 0 aliphatic carbocycles. The molecule has 1 rings (SSSR count). The lowest BCUT2D eigenvalue weighted by Crippen LogP contribution is -2.43. The Hall–Kier alpha value is -1.10. The summed E-state index contributed by atoms with van der Waals surface area (Å²) in [6.07, 6.45) is 4.38. The van der Waals surface area contributed by atoms with Gasteiger partial charge in [-0.2, -0.15) is 0 Å². The van der Waals surface area contributed by atoms with Gasteiger partial charge in [-0.15, -0.1) is 11.3 Å². The highest BCUT2D eigenvalue weighted by molar-refractivity contribution is 7.11. The predicted octanol–water partition coefficient (Wildman–Crippen LogP) is 3.55. The molecule has 1 unspecified atom stereocenters. The third-order valence-electron chi connectivity index (χ3n) is 3.69. The topological polar surface area (TPSA) is 49.3 Å². The number of aryl methyl sites for hydroxylation is 2. The third kappa shape index (κ3) is 6.77. The molecule has 0 aromatic carbocycles. The van der Waals surface area contributed by atoms with Crippen LogP contribution in [0.4, 0.5) is 0 Å². The first-order valence-electron chi connectivity index (χ1n) is 8.38. The van der Waals surface area contributed by atoms with Gasteiger partial charge in [0.15, 0.2) is 5.96 Å². The van der Waals surface area contributed by atoms with Crippen molar-refractivity contribution in [1.82, 2.24) is 15.6 Å². The molecule has 0 saturated carbocycles. The van der Waals surface area contributed by atoms with Gasteiger partial charge < -0.3 is 10.6 Å². The Kier molecular flexibility index (Phi) is 8.46. The molecule has 1 aromatic rings. The molecule has 0 amide bonds. The van der Waals surface area contributed by atoms with Gasteiger partial charge in [-0.05, 0) is 39.0 Å². The van der Waals surface area contributed by atoms with Gasteiger partial charge >= 0.3 is 0 Å². The van der Waals surface area contributed by atoms with E-state index in [0.717, 1.165) is 31.3 Å². The van der Waals surface area contributed by atoms with Gasteiger partial charge in [0.1, 0.15) is 0 Å². The van der Waals surface area contributed by atoms with Gasteiger partial charge in [-0.1, -0.05) is 20.8 Å². The van der Waals surface area contributed by atoms with Crippen LogP contribution in [0.2, 0.25) is 0 Å². The second-order valence-corrected chi connectivity index (χ2v) is 7.52. The number of nitrogens with zero attached hydrogens (tertiary/aromatic N) is 2. The molecule has 1 aromatic heterocycles. The first-order chi connectivity index (χ1) is 10.5. The van der Waals surface area contributed by atoms with Crippen LogP contribution in [0.25, 0.3) is 0 Å². The summed E-state index contributed by atoms with van der Waals surface area (Å²) < 4.78 is 0. The highest BCUT2D eigenvalue weighted by atomic mass is 32.1. The molecule has 0 aliphatic heterocycles. The van der Waals surface area contributed by atoms with Crippen molar-refractivity contribution >= 4 is 17.3 Å². The number of nitrogens with one attached hydrogen (secondary N) is 2. The van der Waals surface area contributed by atoms with Crippen molar-refractivity contribution in [1.29, 1.82) is 0 Å². The number of guanidine groups is 1. The molecule has 0 aliphatic rings. The van der Waals surface area contributed by atoms with Gasteiger partial charge in [0.2, 0.25) is 0 Å². The Bertz CT molecular complexity index is 465. The average Bonchev–Trinajstić information content (AvgIpc) is 2.84. The molecule has 0 fully saturated rings. The Morgan fingerprint density at radius 2 is 2.00 bits per heavy atom. The molecule has 0 radical (unpaired) electrons. The summed E-state index contributed by atoms with van der Waals surface area (Å²) in [4.78, 5) is 10.3. The van der Waals surface area contributed by atoms with Crippen LogP contribution < -0.4 is 10.6 Å². The van der Waals surface area contributed by atoms with Crippen LogP contribution >= 0.6 is 11.3 Å². The molecular formula is C17H32N4S. The van der Waals surface area contributed by atoms with Crippen LogP contribution in [0.3, 0.4) is 0 Å². The van der Waals surface area contributed by atoms with Crippen LogP contribution in [0.15, 0.2) is 4.99 Å². The number of aliphatic imine (C=N–C) groups is 1. The molecule has 4 nitrogen and oxygen atoms in total. The van der Waals surface area contributed by atoms with E-state index in [-0.39, 0.29) is 0 Å². The SMILES string of the molecule is CCc1nc(CCNC(=NC)NC(C)CCC(C)C)sc1C.